The first-order valence-electron chi connectivity index (χ1n) is 8.27. The molecular weight excluding hydrogens is 324 g/mol. The van der Waals surface area contributed by atoms with Crippen molar-refractivity contribution in [2.75, 3.05) is 32.0 Å². The minimum Gasteiger partial charge on any atom is -0.360 e. The van der Waals surface area contributed by atoms with E-state index in [1.54, 1.807) is 26.1 Å². The standard InChI is InChI=1S/C16H22N6O3/c1-11-8-14(20-25-11)18-15(23)10-21(2)16(24)13-5-7-22(19-13)12-4-3-6-17-9-12/h5,7-8,12,17H,3-4,6,9-10H2,1-2H3,(H,18,20,23). The van der Waals surface area contributed by atoms with Crippen LogP contribution in [0.25, 0.3) is 0 Å². The third-order valence-corrected chi connectivity index (χ3v) is 4.10. The van der Waals surface area contributed by atoms with Gasteiger partial charge in [-0.2, -0.15) is 5.10 Å². The fraction of sp³-hybridized carbons (Fsp3) is 0.500. The summed E-state index contributed by atoms with van der Waals surface area (Å²) in [6, 6.07) is 3.56. The Morgan fingerprint density at radius 3 is 3.04 bits per heavy atom. The highest BCUT2D eigenvalue weighted by atomic mass is 16.5. The van der Waals surface area contributed by atoms with Crippen molar-refractivity contribution < 1.29 is 14.1 Å². The van der Waals surface area contributed by atoms with Crippen molar-refractivity contribution in [1.82, 2.24) is 25.2 Å². The summed E-state index contributed by atoms with van der Waals surface area (Å²) in [6.07, 6.45) is 3.95. The van der Waals surface area contributed by atoms with Crippen LogP contribution in [0.15, 0.2) is 22.9 Å². The molecule has 1 atom stereocenters. The molecule has 0 radical (unpaired) electrons. The number of hydrogen-bond donors (Lipinski definition) is 2. The zero-order chi connectivity index (χ0) is 17.8. The fourth-order valence-electron chi connectivity index (χ4n) is 2.81. The van der Waals surface area contributed by atoms with E-state index in [0.29, 0.717) is 17.3 Å². The van der Waals surface area contributed by atoms with Gasteiger partial charge in [-0.1, -0.05) is 5.16 Å². The van der Waals surface area contributed by atoms with Crippen molar-refractivity contribution in [3.63, 3.8) is 0 Å². The summed E-state index contributed by atoms with van der Waals surface area (Å²) in [5, 5.41) is 14.0. The molecule has 1 saturated heterocycles. The Morgan fingerprint density at radius 1 is 1.52 bits per heavy atom. The van der Waals surface area contributed by atoms with Gasteiger partial charge in [0.25, 0.3) is 5.91 Å². The van der Waals surface area contributed by atoms with Crippen molar-refractivity contribution in [2.24, 2.45) is 0 Å². The van der Waals surface area contributed by atoms with Crippen molar-refractivity contribution in [3.8, 4) is 0 Å². The summed E-state index contributed by atoms with van der Waals surface area (Å²) >= 11 is 0. The highest BCUT2D eigenvalue weighted by molar-refractivity contribution is 5.97. The molecule has 0 bridgehead atoms. The number of carbonyl (C=O) groups excluding carboxylic acids is 2. The van der Waals surface area contributed by atoms with Crippen LogP contribution in [-0.2, 0) is 4.79 Å². The third kappa shape index (κ3) is 4.24. The van der Waals surface area contributed by atoms with E-state index in [9.17, 15) is 9.59 Å². The van der Waals surface area contributed by atoms with Gasteiger partial charge in [-0.3, -0.25) is 14.3 Å². The number of aromatic nitrogens is 3. The molecule has 1 unspecified atom stereocenters. The lowest BCUT2D eigenvalue weighted by Crippen LogP contribution is -2.35. The molecule has 134 valence electrons. The topological polar surface area (TPSA) is 105 Å². The van der Waals surface area contributed by atoms with Crippen LogP contribution in [0.4, 0.5) is 5.82 Å². The van der Waals surface area contributed by atoms with E-state index in [0.717, 1.165) is 25.9 Å². The molecule has 2 aromatic rings. The van der Waals surface area contributed by atoms with Gasteiger partial charge in [-0.15, -0.1) is 0 Å². The van der Waals surface area contributed by atoms with E-state index in [-0.39, 0.29) is 24.4 Å². The highest BCUT2D eigenvalue weighted by Gasteiger charge is 2.21. The van der Waals surface area contributed by atoms with Gasteiger partial charge in [0, 0.05) is 25.9 Å². The number of rotatable bonds is 5. The largest absolute Gasteiger partial charge is 0.360 e. The van der Waals surface area contributed by atoms with Gasteiger partial charge in [0.05, 0.1) is 12.6 Å². The van der Waals surface area contributed by atoms with Crippen molar-refractivity contribution in [1.29, 1.82) is 0 Å². The third-order valence-electron chi connectivity index (χ3n) is 4.10. The minimum absolute atomic E-state index is 0.0947. The first-order chi connectivity index (χ1) is 12.0. The maximum Gasteiger partial charge on any atom is 0.274 e. The van der Waals surface area contributed by atoms with Crippen LogP contribution in [0.5, 0.6) is 0 Å². The molecule has 2 amide bonds. The number of anilines is 1. The molecule has 1 fully saturated rings. The lowest BCUT2D eigenvalue weighted by molar-refractivity contribution is -0.116. The summed E-state index contributed by atoms with van der Waals surface area (Å²) < 4.78 is 6.71. The minimum atomic E-state index is -0.347. The van der Waals surface area contributed by atoms with Gasteiger partial charge in [0.15, 0.2) is 5.82 Å². The van der Waals surface area contributed by atoms with Crippen molar-refractivity contribution in [3.05, 3.63) is 29.8 Å². The molecule has 9 heteroatoms. The van der Waals surface area contributed by atoms with Gasteiger partial charge < -0.3 is 20.1 Å². The zero-order valence-electron chi connectivity index (χ0n) is 14.4. The lowest BCUT2D eigenvalue weighted by atomic mass is 10.1. The molecule has 9 nitrogen and oxygen atoms in total. The molecule has 0 aromatic carbocycles. The SMILES string of the molecule is Cc1cc(NC(=O)CN(C)C(=O)c2ccn(C3CCCNC3)n2)no1. The molecule has 3 rings (SSSR count). The van der Waals surface area contributed by atoms with Crippen LogP contribution in [-0.4, -0.2) is 58.3 Å². The van der Waals surface area contributed by atoms with Crippen molar-refractivity contribution in [2.45, 2.75) is 25.8 Å². The Hall–Kier alpha value is -2.68. The van der Waals surface area contributed by atoms with Crippen LogP contribution in [0.1, 0.15) is 35.1 Å². The van der Waals surface area contributed by atoms with Crippen LogP contribution >= 0.6 is 0 Å². The van der Waals surface area contributed by atoms with Crippen LogP contribution < -0.4 is 10.6 Å². The molecule has 25 heavy (non-hydrogen) atoms. The number of aryl methyl sites for hydroxylation is 1. The van der Waals surface area contributed by atoms with Gasteiger partial charge >= 0.3 is 0 Å². The first kappa shape index (κ1) is 17.2. The van der Waals surface area contributed by atoms with E-state index in [2.05, 4.69) is 20.9 Å². The molecule has 0 saturated carbocycles. The van der Waals surface area contributed by atoms with E-state index in [1.165, 1.54) is 4.90 Å². The summed E-state index contributed by atoms with van der Waals surface area (Å²) in [4.78, 5) is 25.8. The number of nitrogens with zero attached hydrogens (tertiary/aromatic N) is 4. The quantitative estimate of drug-likeness (QED) is 0.830. The second-order valence-electron chi connectivity index (χ2n) is 6.21. The fourth-order valence-corrected chi connectivity index (χ4v) is 2.81. The van der Waals surface area contributed by atoms with Gasteiger partial charge in [-0.25, -0.2) is 0 Å². The summed E-state index contributed by atoms with van der Waals surface area (Å²) in [7, 11) is 1.57. The maximum absolute atomic E-state index is 12.5. The molecule has 2 N–H and O–H groups in total. The van der Waals surface area contributed by atoms with Crippen molar-refractivity contribution >= 4 is 17.6 Å². The van der Waals surface area contributed by atoms with E-state index in [1.807, 2.05) is 10.9 Å². The second kappa shape index (κ2) is 7.47. The number of nitrogens with one attached hydrogen (secondary N) is 2. The normalized spacial score (nSPS) is 17.3. The molecule has 0 aliphatic carbocycles. The molecular formula is C16H22N6O3. The molecule has 0 spiro atoms. The zero-order valence-corrected chi connectivity index (χ0v) is 14.4. The predicted molar refractivity (Wildman–Crippen MR) is 90.2 cm³/mol. The van der Waals surface area contributed by atoms with E-state index in [4.69, 9.17) is 4.52 Å². The number of hydrogen-bond acceptors (Lipinski definition) is 6. The maximum atomic E-state index is 12.5. The molecule has 3 heterocycles. The Balaban J connectivity index is 1.56. The van der Waals surface area contributed by atoms with Crippen LogP contribution in [0.3, 0.4) is 0 Å². The number of amides is 2. The first-order valence-corrected chi connectivity index (χ1v) is 8.27. The Kier molecular flexibility index (Phi) is 5.13. The Labute approximate surface area is 145 Å². The van der Waals surface area contributed by atoms with Gasteiger partial charge in [0.1, 0.15) is 11.5 Å². The summed E-state index contributed by atoms with van der Waals surface area (Å²) in [5.41, 5.74) is 0.332. The van der Waals surface area contributed by atoms with Gasteiger partial charge in [0.2, 0.25) is 5.91 Å². The lowest BCUT2D eigenvalue weighted by Gasteiger charge is -2.23. The Bertz CT molecular complexity index is 747. The second-order valence-corrected chi connectivity index (χ2v) is 6.21. The number of likely N-dealkylation sites (N-methyl/N-ethyl adjacent to an activating group) is 1. The average molecular weight is 346 g/mol. The van der Waals surface area contributed by atoms with Crippen LogP contribution in [0.2, 0.25) is 0 Å². The summed E-state index contributed by atoms with van der Waals surface area (Å²) in [6.45, 7) is 3.51. The molecule has 1 aliphatic heterocycles. The molecule has 1 aliphatic rings. The summed E-state index contributed by atoms with van der Waals surface area (Å²) in [5.74, 6) is 0.286. The molecule has 2 aromatic heterocycles. The average Bonchev–Trinajstić information content (AvgIpc) is 3.24. The van der Waals surface area contributed by atoms with E-state index < -0.39 is 0 Å². The Morgan fingerprint density at radius 2 is 2.36 bits per heavy atom. The van der Waals surface area contributed by atoms with Gasteiger partial charge in [-0.05, 0) is 32.4 Å². The smallest absolute Gasteiger partial charge is 0.274 e. The highest BCUT2D eigenvalue weighted by Crippen LogP contribution is 2.16. The van der Waals surface area contributed by atoms with E-state index >= 15 is 0 Å². The van der Waals surface area contributed by atoms with Crippen LogP contribution in [0, 0.1) is 6.92 Å². The number of piperidine rings is 1. The predicted octanol–water partition coefficient (Wildman–Crippen LogP) is 0.815. The number of carbonyl (C=O) groups is 2. The monoisotopic (exact) mass is 346 g/mol.